The first-order valence-corrected chi connectivity index (χ1v) is 9.24. The van der Waals surface area contributed by atoms with Gasteiger partial charge in [0, 0.05) is 10.9 Å². The molecule has 1 aliphatic rings. The Morgan fingerprint density at radius 3 is 2.57 bits per heavy atom. The summed E-state index contributed by atoms with van der Waals surface area (Å²) >= 11 is 1.72. The lowest BCUT2D eigenvalue weighted by atomic mass is 10.0. The van der Waals surface area contributed by atoms with Crippen LogP contribution in [0.2, 0.25) is 0 Å². The Morgan fingerprint density at radius 2 is 2.00 bits per heavy atom. The van der Waals surface area contributed by atoms with Crippen LogP contribution in [0.1, 0.15) is 48.7 Å². The first-order valence-electron chi connectivity index (χ1n) is 8.36. The third-order valence-corrected chi connectivity index (χ3v) is 5.22. The quantitative estimate of drug-likeness (QED) is 0.814. The van der Waals surface area contributed by atoms with E-state index in [0.717, 1.165) is 19.3 Å². The highest BCUT2D eigenvalue weighted by Crippen LogP contribution is 2.27. The molecule has 4 heteroatoms. The summed E-state index contributed by atoms with van der Waals surface area (Å²) in [6, 6.07) is 13.1. The minimum absolute atomic E-state index is 0.0564. The SMILES string of the molecule is CCc1ccc([C@@H](N[C@@H](C)C(=O)NC2CC2)c2cccs2)cc1. The minimum atomic E-state index is -0.214. The zero-order chi connectivity index (χ0) is 16.2. The second-order valence-electron chi connectivity index (χ2n) is 6.21. The van der Waals surface area contributed by atoms with Gasteiger partial charge in [0.2, 0.25) is 5.91 Å². The maximum absolute atomic E-state index is 12.3. The van der Waals surface area contributed by atoms with Crippen molar-refractivity contribution in [1.29, 1.82) is 0 Å². The molecule has 0 unspecified atom stereocenters. The topological polar surface area (TPSA) is 41.1 Å². The summed E-state index contributed by atoms with van der Waals surface area (Å²) in [5, 5.41) is 8.66. The molecule has 3 nitrogen and oxygen atoms in total. The minimum Gasteiger partial charge on any atom is -0.352 e. The number of hydrogen-bond acceptors (Lipinski definition) is 3. The Kier molecular flexibility index (Phi) is 5.13. The molecule has 1 amide bonds. The average Bonchev–Trinajstić information content (AvgIpc) is 3.22. The first-order chi connectivity index (χ1) is 11.2. The van der Waals surface area contributed by atoms with Crippen LogP contribution in [-0.4, -0.2) is 18.0 Å². The van der Waals surface area contributed by atoms with Crippen LogP contribution in [0, 0.1) is 0 Å². The fourth-order valence-electron chi connectivity index (χ4n) is 2.62. The largest absolute Gasteiger partial charge is 0.352 e. The van der Waals surface area contributed by atoms with Crippen molar-refractivity contribution in [2.75, 3.05) is 0 Å². The van der Waals surface area contributed by atoms with Gasteiger partial charge in [-0.1, -0.05) is 37.3 Å². The highest BCUT2D eigenvalue weighted by Gasteiger charge is 2.27. The molecule has 2 atom stereocenters. The number of rotatable bonds is 7. The van der Waals surface area contributed by atoms with E-state index in [1.54, 1.807) is 11.3 Å². The lowest BCUT2D eigenvalue weighted by Crippen LogP contribution is -2.44. The second-order valence-corrected chi connectivity index (χ2v) is 7.19. The van der Waals surface area contributed by atoms with Gasteiger partial charge in [-0.2, -0.15) is 0 Å². The number of benzene rings is 1. The Bertz CT molecular complexity index is 632. The number of nitrogens with one attached hydrogen (secondary N) is 2. The van der Waals surface area contributed by atoms with Gasteiger partial charge in [0.25, 0.3) is 0 Å². The molecule has 1 aliphatic carbocycles. The zero-order valence-corrected chi connectivity index (χ0v) is 14.5. The van der Waals surface area contributed by atoms with Gasteiger partial charge in [0.15, 0.2) is 0 Å². The van der Waals surface area contributed by atoms with Gasteiger partial charge >= 0.3 is 0 Å². The van der Waals surface area contributed by atoms with Crippen molar-refractivity contribution in [1.82, 2.24) is 10.6 Å². The Morgan fingerprint density at radius 1 is 1.26 bits per heavy atom. The van der Waals surface area contributed by atoms with Crippen molar-refractivity contribution in [2.24, 2.45) is 0 Å². The summed E-state index contributed by atoms with van der Waals surface area (Å²) in [6.07, 6.45) is 3.27. The predicted molar refractivity (Wildman–Crippen MR) is 95.7 cm³/mol. The summed E-state index contributed by atoms with van der Waals surface area (Å²) in [7, 11) is 0. The molecule has 0 spiro atoms. The van der Waals surface area contributed by atoms with Crippen LogP contribution in [0.25, 0.3) is 0 Å². The van der Waals surface area contributed by atoms with Crippen molar-refractivity contribution in [3.05, 3.63) is 57.8 Å². The number of carbonyl (C=O) groups excluding carboxylic acids is 1. The van der Waals surface area contributed by atoms with E-state index in [1.807, 2.05) is 6.92 Å². The van der Waals surface area contributed by atoms with Gasteiger partial charge < -0.3 is 5.32 Å². The van der Waals surface area contributed by atoms with Crippen LogP contribution in [0.4, 0.5) is 0 Å². The molecule has 3 rings (SSSR count). The van der Waals surface area contributed by atoms with Crippen molar-refractivity contribution in [3.8, 4) is 0 Å². The van der Waals surface area contributed by atoms with E-state index >= 15 is 0 Å². The van der Waals surface area contributed by atoms with E-state index in [1.165, 1.54) is 16.0 Å². The Hall–Kier alpha value is -1.65. The maximum atomic E-state index is 12.3. The molecule has 0 saturated heterocycles. The molecule has 23 heavy (non-hydrogen) atoms. The van der Waals surface area contributed by atoms with Gasteiger partial charge in [-0.15, -0.1) is 11.3 Å². The van der Waals surface area contributed by atoms with Crippen LogP contribution < -0.4 is 10.6 Å². The molecular weight excluding hydrogens is 304 g/mol. The lowest BCUT2D eigenvalue weighted by Gasteiger charge is -2.23. The fourth-order valence-corrected chi connectivity index (χ4v) is 3.44. The molecule has 122 valence electrons. The smallest absolute Gasteiger partial charge is 0.237 e. The molecule has 1 saturated carbocycles. The predicted octanol–water partition coefficient (Wildman–Crippen LogP) is 3.66. The third kappa shape index (κ3) is 4.21. The van der Waals surface area contributed by atoms with Crippen molar-refractivity contribution < 1.29 is 4.79 Å². The molecule has 2 aromatic rings. The summed E-state index contributed by atoms with van der Waals surface area (Å²) < 4.78 is 0. The second kappa shape index (κ2) is 7.28. The molecule has 0 radical (unpaired) electrons. The van der Waals surface area contributed by atoms with Crippen LogP contribution in [0.3, 0.4) is 0 Å². The van der Waals surface area contributed by atoms with E-state index < -0.39 is 0 Å². The molecule has 0 bridgehead atoms. The van der Waals surface area contributed by atoms with Gasteiger partial charge in [-0.3, -0.25) is 10.1 Å². The van der Waals surface area contributed by atoms with Gasteiger partial charge in [-0.05, 0) is 48.8 Å². The van der Waals surface area contributed by atoms with E-state index in [9.17, 15) is 4.79 Å². The van der Waals surface area contributed by atoms with E-state index in [2.05, 4.69) is 59.3 Å². The van der Waals surface area contributed by atoms with Crippen LogP contribution in [-0.2, 0) is 11.2 Å². The average molecular weight is 328 g/mol. The normalized spacial score (nSPS) is 16.8. The van der Waals surface area contributed by atoms with E-state index in [0.29, 0.717) is 6.04 Å². The highest BCUT2D eigenvalue weighted by atomic mass is 32.1. The summed E-state index contributed by atoms with van der Waals surface area (Å²) in [5.74, 6) is 0.0965. The Balaban J connectivity index is 1.76. The summed E-state index contributed by atoms with van der Waals surface area (Å²) in [6.45, 7) is 4.10. The van der Waals surface area contributed by atoms with Crippen molar-refractivity contribution >= 4 is 17.2 Å². The summed E-state index contributed by atoms with van der Waals surface area (Å²) in [4.78, 5) is 13.5. The van der Waals surface area contributed by atoms with Crippen molar-refractivity contribution in [2.45, 2.75) is 51.2 Å². The standard InChI is InChI=1S/C19H24N2OS/c1-3-14-6-8-15(9-7-14)18(17-5-4-12-23-17)20-13(2)19(22)21-16-10-11-16/h4-9,12-13,16,18,20H,3,10-11H2,1-2H3,(H,21,22)/t13-,18+/m0/s1. The van der Waals surface area contributed by atoms with Crippen molar-refractivity contribution in [3.63, 3.8) is 0 Å². The number of hydrogen-bond donors (Lipinski definition) is 2. The third-order valence-electron chi connectivity index (χ3n) is 4.28. The molecule has 1 heterocycles. The lowest BCUT2D eigenvalue weighted by molar-refractivity contribution is -0.123. The van der Waals surface area contributed by atoms with Gasteiger partial charge in [-0.25, -0.2) is 0 Å². The molecule has 1 aromatic carbocycles. The number of aryl methyl sites for hydroxylation is 1. The number of carbonyl (C=O) groups is 1. The highest BCUT2D eigenvalue weighted by molar-refractivity contribution is 7.10. The summed E-state index contributed by atoms with van der Waals surface area (Å²) in [5.41, 5.74) is 2.54. The molecule has 2 N–H and O–H groups in total. The van der Waals surface area contributed by atoms with Crippen LogP contribution >= 0.6 is 11.3 Å². The molecular formula is C19H24N2OS. The number of amides is 1. The zero-order valence-electron chi connectivity index (χ0n) is 13.7. The number of thiophene rings is 1. The van der Waals surface area contributed by atoms with E-state index in [-0.39, 0.29) is 18.0 Å². The fraction of sp³-hybridized carbons (Fsp3) is 0.421. The van der Waals surface area contributed by atoms with Crippen LogP contribution in [0.5, 0.6) is 0 Å². The van der Waals surface area contributed by atoms with Crippen LogP contribution in [0.15, 0.2) is 41.8 Å². The molecule has 1 fully saturated rings. The van der Waals surface area contributed by atoms with Gasteiger partial charge in [0.05, 0.1) is 12.1 Å². The molecule has 1 aromatic heterocycles. The van der Waals surface area contributed by atoms with Gasteiger partial charge in [0.1, 0.15) is 0 Å². The van der Waals surface area contributed by atoms with E-state index in [4.69, 9.17) is 0 Å². The Labute approximate surface area is 142 Å². The maximum Gasteiger partial charge on any atom is 0.237 e. The monoisotopic (exact) mass is 328 g/mol. The molecule has 0 aliphatic heterocycles. The first kappa shape index (κ1) is 16.2.